The first-order valence-corrected chi connectivity index (χ1v) is 12.1. The smallest absolute Gasteiger partial charge is 0.156 e. The minimum atomic E-state index is -0.323. The highest BCUT2D eigenvalue weighted by molar-refractivity contribution is 6.11. The summed E-state index contributed by atoms with van der Waals surface area (Å²) < 4.78 is 6.40. The zero-order valence-electron chi connectivity index (χ0n) is 19.0. The fraction of sp³-hybridized carbons (Fsp3) is 0.385. The normalized spacial score (nSPS) is 22.1. The van der Waals surface area contributed by atoms with E-state index in [-0.39, 0.29) is 11.6 Å². The predicted octanol–water partition coefficient (Wildman–Crippen LogP) is 3.02. The van der Waals surface area contributed by atoms with Crippen LogP contribution in [-0.4, -0.2) is 46.0 Å². The van der Waals surface area contributed by atoms with Gasteiger partial charge in [-0.3, -0.25) is 9.98 Å². The van der Waals surface area contributed by atoms with Gasteiger partial charge in [0, 0.05) is 44.2 Å². The standard InChI is InChI=1S/C26H27N7O/c27-24-17-5-1-2-8-21(17)34-26(24)9-13-32(14-10-26)22-16-29-23-19(31-22)15-30-25(23)33-12-4-6-18-20(33)7-3-11-28-18/h1-3,5,7-8,11,16,24H,4,6,9-10,12-15,27H2/t24-/m1/s1. The lowest BCUT2D eigenvalue weighted by molar-refractivity contribution is 0.0431. The van der Waals surface area contributed by atoms with Gasteiger partial charge in [0.15, 0.2) is 5.84 Å². The Morgan fingerprint density at radius 3 is 2.76 bits per heavy atom. The highest BCUT2D eigenvalue weighted by Gasteiger charge is 2.48. The molecular formula is C26H27N7O. The summed E-state index contributed by atoms with van der Waals surface area (Å²) in [4.78, 5) is 23.8. The number of rotatable bonds is 1. The summed E-state index contributed by atoms with van der Waals surface area (Å²) in [5.74, 6) is 2.76. The number of hydrogen-bond donors (Lipinski definition) is 1. The molecule has 1 saturated heterocycles. The fourth-order valence-corrected chi connectivity index (χ4v) is 5.84. The van der Waals surface area contributed by atoms with E-state index < -0.39 is 0 Å². The number of nitrogens with two attached hydrogens (primary N) is 1. The topological polar surface area (TPSA) is 92.8 Å². The van der Waals surface area contributed by atoms with Crippen molar-refractivity contribution in [2.24, 2.45) is 10.7 Å². The lowest BCUT2D eigenvalue weighted by Gasteiger charge is -2.41. The van der Waals surface area contributed by atoms with Crippen molar-refractivity contribution >= 4 is 17.3 Å². The number of nitrogens with zero attached hydrogens (tertiary/aromatic N) is 6. The molecule has 3 aromatic rings. The third kappa shape index (κ3) is 2.94. The molecule has 34 heavy (non-hydrogen) atoms. The number of hydrogen-bond acceptors (Lipinski definition) is 8. The van der Waals surface area contributed by atoms with Gasteiger partial charge in [0.25, 0.3) is 0 Å². The fourth-order valence-electron chi connectivity index (χ4n) is 5.84. The van der Waals surface area contributed by atoms with Gasteiger partial charge in [-0.2, -0.15) is 0 Å². The molecule has 4 aliphatic heterocycles. The second-order valence-electron chi connectivity index (χ2n) is 9.56. The van der Waals surface area contributed by atoms with Gasteiger partial charge < -0.3 is 20.3 Å². The maximum absolute atomic E-state index is 6.64. The van der Waals surface area contributed by atoms with Crippen molar-refractivity contribution in [3.8, 4) is 5.75 Å². The number of aromatic nitrogens is 3. The Morgan fingerprint density at radius 2 is 1.88 bits per heavy atom. The van der Waals surface area contributed by atoms with Crippen molar-refractivity contribution in [2.45, 2.75) is 43.9 Å². The Morgan fingerprint density at radius 1 is 1.00 bits per heavy atom. The molecule has 6 heterocycles. The summed E-state index contributed by atoms with van der Waals surface area (Å²) in [5, 5.41) is 0. The molecule has 1 aromatic carbocycles. The molecule has 0 aliphatic carbocycles. The van der Waals surface area contributed by atoms with E-state index in [2.05, 4.69) is 26.9 Å². The van der Waals surface area contributed by atoms with E-state index in [1.54, 1.807) is 0 Å². The van der Waals surface area contributed by atoms with E-state index in [1.807, 2.05) is 36.7 Å². The third-order valence-corrected chi connectivity index (χ3v) is 7.70. The SMILES string of the molecule is N[C@@H]1c2ccccc2OC12CCN(c1cnc3c(n1)CN=C3N1CCCc3ncccc31)CC2. The van der Waals surface area contributed by atoms with E-state index in [0.29, 0.717) is 6.54 Å². The van der Waals surface area contributed by atoms with Gasteiger partial charge in [-0.15, -0.1) is 0 Å². The maximum Gasteiger partial charge on any atom is 0.156 e. The van der Waals surface area contributed by atoms with Gasteiger partial charge in [-0.05, 0) is 31.0 Å². The second-order valence-corrected chi connectivity index (χ2v) is 9.56. The molecule has 0 radical (unpaired) electrons. The highest BCUT2D eigenvalue weighted by Crippen LogP contribution is 2.47. The van der Waals surface area contributed by atoms with E-state index in [4.69, 9.17) is 25.4 Å². The number of fused-ring (bicyclic) bond motifs is 3. The molecule has 8 heteroatoms. The van der Waals surface area contributed by atoms with Crippen LogP contribution in [-0.2, 0) is 13.0 Å². The summed E-state index contributed by atoms with van der Waals surface area (Å²) in [6.07, 6.45) is 7.56. The average molecular weight is 454 g/mol. The van der Waals surface area contributed by atoms with Crippen LogP contribution in [0, 0.1) is 0 Å². The molecule has 0 saturated carbocycles. The number of para-hydroxylation sites is 1. The Bertz CT molecular complexity index is 1300. The summed E-state index contributed by atoms with van der Waals surface area (Å²) in [7, 11) is 0. The van der Waals surface area contributed by atoms with Crippen molar-refractivity contribution in [3.63, 3.8) is 0 Å². The maximum atomic E-state index is 6.64. The Balaban J connectivity index is 1.09. The lowest BCUT2D eigenvalue weighted by Crippen LogP contribution is -2.51. The molecule has 0 amide bonds. The Labute approximate surface area is 198 Å². The number of aryl methyl sites for hydroxylation is 1. The summed E-state index contributed by atoms with van der Waals surface area (Å²) in [6, 6.07) is 12.2. The molecule has 1 fully saturated rings. The number of benzene rings is 1. The first kappa shape index (κ1) is 19.9. The summed E-state index contributed by atoms with van der Waals surface area (Å²) in [5.41, 5.74) is 11.5. The lowest BCUT2D eigenvalue weighted by atomic mass is 9.83. The Hall–Kier alpha value is -3.52. The van der Waals surface area contributed by atoms with Gasteiger partial charge >= 0.3 is 0 Å². The van der Waals surface area contributed by atoms with Crippen molar-refractivity contribution in [2.75, 3.05) is 29.4 Å². The van der Waals surface area contributed by atoms with E-state index in [9.17, 15) is 0 Å². The molecule has 1 spiro atoms. The van der Waals surface area contributed by atoms with Crippen LogP contribution in [0.5, 0.6) is 5.75 Å². The molecule has 2 aromatic heterocycles. The van der Waals surface area contributed by atoms with Crippen LogP contribution in [0.2, 0.25) is 0 Å². The van der Waals surface area contributed by atoms with E-state index >= 15 is 0 Å². The molecule has 172 valence electrons. The zero-order valence-corrected chi connectivity index (χ0v) is 19.0. The van der Waals surface area contributed by atoms with E-state index in [1.165, 1.54) is 0 Å². The molecular weight excluding hydrogens is 426 g/mol. The quantitative estimate of drug-likeness (QED) is 0.605. The van der Waals surface area contributed by atoms with Crippen molar-refractivity contribution < 1.29 is 4.74 Å². The number of pyridine rings is 1. The summed E-state index contributed by atoms with van der Waals surface area (Å²) >= 11 is 0. The zero-order chi connectivity index (χ0) is 22.7. The number of amidine groups is 1. The monoisotopic (exact) mass is 453 g/mol. The largest absolute Gasteiger partial charge is 0.485 e. The predicted molar refractivity (Wildman–Crippen MR) is 130 cm³/mol. The number of piperidine rings is 1. The van der Waals surface area contributed by atoms with E-state index in [0.717, 1.165) is 91.1 Å². The summed E-state index contributed by atoms with van der Waals surface area (Å²) in [6.45, 7) is 3.18. The first-order chi connectivity index (χ1) is 16.7. The van der Waals surface area contributed by atoms with Gasteiger partial charge in [0.1, 0.15) is 22.9 Å². The molecule has 0 unspecified atom stereocenters. The van der Waals surface area contributed by atoms with Crippen LogP contribution in [0.4, 0.5) is 11.5 Å². The van der Waals surface area contributed by atoms with Crippen LogP contribution < -0.4 is 20.3 Å². The van der Waals surface area contributed by atoms with Crippen LogP contribution in [0.15, 0.2) is 53.8 Å². The van der Waals surface area contributed by atoms with Crippen LogP contribution in [0.25, 0.3) is 0 Å². The van der Waals surface area contributed by atoms with Crippen molar-refractivity contribution in [1.82, 2.24) is 15.0 Å². The van der Waals surface area contributed by atoms with Gasteiger partial charge in [0.2, 0.25) is 0 Å². The minimum absolute atomic E-state index is 0.0881. The molecule has 2 N–H and O–H groups in total. The second kappa shape index (κ2) is 7.50. The average Bonchev–Trinajstić information content (AvgIpc) is 3.43. The van der Waals surface area contributed by atoms with Gasteiger partial charge in [-0.1, -0.05) is 18.2 Å². The molecule has 1 atom stereocenters. The van der Waals surface area contributed by atoms with Crippen LogP contribution in [0.3, 0.4) is 0 Å². The number of anilines is 2. The van der Waals surface area contributed by atoms with Crippen molar-refractivity contribution in [3.05, 3.63) is 71.4 Å². The number of aliphatic imine (C=N–C) groups is 1. The Kier molecular flexibility index (Phi) is 4.39. The van der Waals surface area contributed by atoms with Gasteiger partial charge in [0.05, 0.1) is 35.9 Å². The minimum Gasteiger partial charge on any atom is -0.485 e. The number of ether oxygens (including phenoxy) is 1. The highest BCUT2D eigenvalue weighted by atomic mass is 16.5. The van der Waals surface area contributed by atoms with Crippen LogP contribution >= 0.6 is 0 Å². The first-order valence-electron chi connectivity index (χ1n) is 12.1. The molecule has 8 nitrogen and oxygen atoms in total. The third-order valence-electron chi connectivity index (χ3n) is 7.70. The van der Waals surface area contributed by atoms with Gasteiger partial charge in [-0.25, -0.2) is 9.97 Å². The molecule has 0 bridgehead atoms. The van der Waals surface area contributed by atoms with Crippen molar-refractivity contribution in [1.29, 1.82) is 0 Å². The van der Waals surface area contributed by atoms with Crippen LogP contribution in [0.1, 0.15) is 47.9 Å². The molecule has 7 rings (SSSR count). The molecule has 4 aliphatic rings.